The van der Waals surface area contributed by atoms with Crippen molar-refractivity contribution in [1.82, 2.24) is 10.2 Å². The Hall–Kier alpha value is -1.55. The van der Waals surface area contributed by atoms with Crippen molar-refractivity contribution in [2.24, 2.45) is 4.99 Å². The Balaban J connectivity index is 2.00. The summed E-state index contributed by atoms with van der Waals surface area (Å²) in [4.78, 5) is 6.78. The fraction of sp³-hybridized carbons (Fsp3) is 0.611. The summed E-state index contributed by atoms with van der Waals surface area (Å²) in [6.07, 6.45) is 3.97. The van der Waals surface area contributed by atoms with Gasteiger partial charge in [-0.3, -0.25) is 4.99 Å². The first-order chi connectivity index (χ1) is 10.5. The minimum Gasteiger partial charge on any atom is -0.388 e. The predicted molar refractivity (Wildman–Crippen MR) is 92.0 cm³/mol. The molecule has 122 valence electrons. The van der Waals surface area contributed by atoms with E-state index in [9.17, 15) is 5.11 Å². The van der Waals surface area contributed by atoms with Crippen LogP contribution in [0.4, 0.5) is 0 Å². The molecule has 0 amide bonds. The van der Waals surface area contributed by atoms with Gasteiger partial charge in [0.15, 0.2) is 5.96 Å². The lowest BCUT2D eigenvalue weighted by Gasteiger charge is -2.25. The van der Waals surface area contributed by atoms with Crippen molar-refractivity contribution in [3.63, 3.8) is 0 Å². The fourth-order valence-corrected chi connectivity index (χ4v) is 2.93. The van der Waals surface area contributed by atoms with E-state index in [1.54, 1.807) is 0 Å². The van der Waals surface area contributed by atoms with E-state index in [1.807, 2.05) is 7.05 Å². The molecule has 4 nitrogen and oxygen atoms in total. The van der Waals surface area contributed by atoms with Crippen LogP contribution in [0, 0.1) is 6.92 Å². The number of guanidine groups is 1. The molecule has 1 aliphatic carbocycles. The Labute approximate surface area is 134 Å². The molecule has 4 heteroatoms. The molecule has 0 aliphatic heterocycles. The monoisotopic (exact) mass is 303 g/mol. The van der Waals surface area contributed by atoms with Gasteiger partial charge >= 0.3 is 0 Å². The van der Waals surface area contributed by atoms with E-state index in [4.69, 9.17) is 0 Å². The molecule has 1 fully saturated rings. The number of aliphatic hydroxyl groups is 1. The van der Waals surface area contributed by atoms with Gasteiger partial charge in [-0.2, -0.15) is 0 Å². The van der Waals surface area contributed by atoms with E-state index >= 15 is 0 Å². The van der Waals surface area contributed by atoms with E-state index in [0.29, 0.717) is 6.54 Å². The number of nitrogens with zero attached hydrogens (tertiary/aromatic N) is 2. The van der Waals surface area contributed by atoms with Gasteiger partial charge in [-0.25, -0.2) is 0 Å². The van der Waals surface area contributed by atoms with Crippen molar-refractivity contribution in [2.75, 3.05) is 20.1 Å². The Bertz CT molecular complexity index is 490. The molecule has 0 saturated heterocycles. The van der Waals surface area contributed by atoms with E-state index in [-0.39, 0.29) is 0 Å². The van der Waals surface area contributed by atoms with Crippen LogP contribution in [0.15, 0.2) is 29.3 Å². The second-order valence-corrected chi connectivity index (χ2v) is 6.44. The van der Waals surface area contributed by atoms with Crippen LogP contribution >= 0.6 is 0 Å². The molecule has 1 aromatic rings. The minimum absolute atomic E-state index is 0.494. The van der Waals surface area contributed by atoms with Gasteiger partial charge < -0.3 is 15.3 Å². The highest BCUT2D eigenvalue weighted by Gasteiger charge is 2.30. The number of aryl methyl sites for hydroxylation is 1. The standard InChI is InChI=1S/C18H29N3O/c1-4-19-17(20-14-18(22)11-5-6-12-18)21(3)13-16-9-7-15(2)8-10-16/h7-10,22H,4-6,11-14H2,1-3H3,(H,19,20). The third-order valence-electron chi connectivity index (χ3n) is 4.29. The van der Waals surface area contributed by atoms with Gasteiger partial charge in [-0.1, -0.05) is 42.7 Å². The summed E-state index contributed by atoms with van der Waals surface area (Å²) < 4.78 is 0. The summed E-state index contributed by atoms with van der Waals surface area (Å²) in [5.74, 6) is 0.864. The maximum absolute atomic E-state index is 10.5. The average molecular weight is 303 g/mol. The fourth-order valence-electron chi connectivity index (χ4n) is 2.93. The predicted octanol–water partition coefficient (Wildman–Crippen LogP) is 2.70. The second kappa shape index (κ2) is 7.63. The largest absolute Gasteiger partial charge is 0.388 e. The quantitative estimate of drug-likeness (QED) is 0.649. The van der Waals surface area contributed by atoms with Crippen LogP contribution in [0.5, 0.6) is 0 Å². The third kappa shape index (κ3) is 4.73. The van der Waals surface area contributed by atoms with Crippen LogP contribution in [0.2, 0.25) is 0 Å². The number of benzene rings is 1. The van der Waals surface area contributed by atoms with Gasteiger partial charge in [0, 0.05) is 20.1 Å². The van der Waals surface area contributed by atoms with Crippen LogP contribution in [0.25, 0.3) is 0 Å². The Kier molecular flexibility index (Phi) is 5.83. The first kappa shape index (κ1) is 16.8. The van der Waals surface area contributed by atoms with E-state index in [2.05, 4.69) is 53.3 Å². The van der Waals surface area contributed by atoms with Gasteiger partial charge in [-0.15, -0.1) is 0 Å². The van der Waals surface area contributed by atoms with Crippen molar-refractivity contribution in [3.05, 3.63) is 35.4 Å². The van der Waals surface area contributed by atoms with Gasteiger partial charge in [-0.05, 0) is 32.3 Å². The summed E-state index contributed by atoms with van der Waals surface area (Å²) in [5.41, 5.74) is 1.94. The number of rotatable bonds is 5. The maximum atomic E-state index is 10.5. The molecule has 1 aromatic carbocycles. The Morgan fingerprint density at radius 2 is 1.91 bits per heavy atom. The van der Waals surface area contributed by atoms with E-state index in [0.717, 1.165) is 44.7 Å². The zero-order valence-corrected chi connectivity index (χ0v) is 14.1. The molecule has 1 saturated carbocycles. The number of hydrogen-bond acceptors (Lipinski definition) is 2. The Morgan fingerprint density at radius 3 is 2.50 bits per heavy atom. The summed E-state index contributed by atoms with van der Waals surface area (Å²) in [5, 5.41) is 13.8. The number of hydrogen-bond donors (Lipinski definition) is 2. The van der Waals surface area contributed by atoms with Crippen LogP contribution in [0.1, 0.15) is 43.7 Å². The first-order valence-corrected chi connectivity index (χ1v) is 8.30. The highest BCUT2D eigenvalue weighted by molar-refractivity contribution is 5.79. The molecule has 0 spiro atoms. The van der Waals surface area contributed by atoms with Crippen LogP contribution in [-0.4, -0.2) is 41.7 Å². The molecule has 0 unspecified atom stereocenters. The van der Waals surface area contributed by atoms with Crippen molar-refractivity contribution in [2.45, 2.75) is 51.7 Å². The van der Waals surface area contributed by atoms with Crippen LogP contribution < -0.4 is 5.32 Å². The highest BCUT2D eigenvalue weighted by Crippen LogP contribution is 2.29. The molecular formula is C18H29N3O. The minimum atomic E-state index is -0.592. The van der Waals surface area contributed by atoms with Crippen molar-refractivity contribution >= 4 is 5.96 Å². The lowest BCUT2D eigenvalue weighted by Crippen LogP contribution is -2.40. The maximum Gasteiger partial charge on any atom is 0.194 e. The average Bonchev–Trinajstić information content (AvgIpc) is 2.93. The summed E-state index contributed by atoms with van der Waals surface area (Å²) >= 11 is 0. The molecular weight excluding hydrogens is 274 g/mol. The molecule has 2 N–H and O–H groups in total. The molecule has 2 rings (SSSR count). The topological polar surface area (TPSA) is 47.9 Å². The van der Waals surface area contributed by atoms with Gasteiger partial charge in [0.05, 0.1) is 12.1 Å². The zero-order valence-electron chi connectivity index (χ0n) is 14.1. The second-order valence-electron chi connectivity index (χ2n) is 6.44. The number of aliphatic imine (C=N–C) groups is 1. The molecule has 0 heterocycles. The first-order valence-electron chi connectivity index (χ1n) is 8.30. The van der Waals surface area contributed by atoms with Crippen LogP contribution in [-0.2, 0) is 6.54 Å². The van der Waals surface area contributed by atoms with E-state index in [1.165, 1.54) is 11.1 Å². The normalized spacial score (nSPS) is 17.5. The summed E-state index contributed by atoms with van der Waals surface area (Å²) in [6.45, 7) is 6.30. The zero-order chi connectivity index (χ0) is 16.0. The van der Waals surface area contributed by atoms with Gasteiger partial charge in [0.25, 0.3) is 0 Å². The molecule has 0 aromatic heterocycles. The molecule has 0 atom stereocenters. The molecule has 22 heavy (non-hydrogen) atoms. The van der Waals surface area contributed by atoms with Gasteiger partial charge in [0.1, 0.15) is 0 Å². The number of nitrogens with one attached hydrogen (secondary N) is 1. The SMILES string of the molecule is CCNC(=NCC1(O)CCCC1)N(C)Cc1ccc(C)cc1. The smallest absolute Gasteiger partial charge is 0.194 e. The Morgan fingerprint density at radius 1 is 1.27 bits per heavy atom. The van der Waals surface area contributed by atoms with E-state index < -0.39 is 5.60 Å². The van der Waals surface area contributed by atoms with Crippen molar-refractivity contribution < 1.29 is 5.11 Å². The third-order valence-corrected chi connectivity index (χ3v) is 4.29. The summed E-state index contributed by atoms with van der Waals surface area (Å²) in [7, 11) is 2.04. The highest BCUT2D eigenvalue weighted by atomic mass is 16.3. The van der Waals surface area contributed by atoms with Crippen LogP contribution in [0.3, 0.4) is 0 Å². The van der Waals surface area contributed by atoms with Crippen molar-refractivity contribution in [3.8, 4) is 0 Å². The molecule has 1 aliphatic rings. The molecule has 0 bridgehead atoms. The lowest BCUT2D eigenvalue weighted by atomic mass is 10.0. The van der Waals surface area contributed by atoms with Gasteiger partial charge in [0.2, 0.25) is 0 Å². The lowest BCUT2D eigenvalue weighted by molar-refractivity contribution is 0.0572. The summed E-state index contributed by atoms with van der Waals surface area (Å²) in [6, 6.07) is 8.57. The van der Waals surface area contributed by atoms with Crippen molar-refractivity contribution in [1.29, 1.82) is 0 Å². The molecule has 0 radical (unpaired) electrons.